The second-order valence-corrected chi connectivity index (χ2v) is 6.64. The van der Waals surface area contributed by atoms with Gasteiger partial charge in [0.1, 0.15) is 0 Å². The Labute approximate surface area is 155 Å². The molecule has 0 unspecified atom stereocenters. The van der Waals surface area contributed by atoms with Gasteiger partial charge in [0.05, 0.1) is 0 Å². The van der Waals surface area contributed by atoms with Crippen LogP contribution in [0, 0.1) is 0 Å². The molecule has 0 spiro atoms. The molecule has 0 saturated heterocycles. The summed E-state index contributed by atoms with van der Waals surface area (Å²) in [5.74, 6) is 0. The van der Waals surface area contributed by atoms with Crippen LogP contribution in [0.2, 0.25) is 0 Å². The minimum atomic E-state index is 1.03. The van der Waals surface area contributed by atoms with Crippen molar-refractivity contribution in [2.45, 2.75) is 12.8 Å². The molecule has 126 valence electrons. The van der Waals surface area contributed by atoms with Gasteiger partial charge >= 0.3 is 0 Å². The molecule has 0 heterocycles. The third-order valence-electron chi connectivity index (χ3n) is 4.80. The first kappa shape index (κ1) is 16.4. The van der Waals surface area contributed by atoms with Crippen molar-refractivity contribution in [1.29, 1.82) is 0 Å². The molecule has 26 heavy (non-hydrogen) atoms. The summed E-state index contributed by atoms with van der Waals surface area (Å²) in [6.45, 7) is 0. The van der Waals surface area contributed by atoms with Gasteiger partial charge in [-0.05, 0) is 46.2 Å². The van der Waals surface area contributed by atoms with Gasteiger partial charge in [0.15, 0.2) is 0 Å². The van der Waals surface area contributed by atoms with Gasteiger partial charge in [-0.3, -0.25) is 0 Å². The zero-order valence-electron chi connectivity index (χ0n) is 14.8. The molecule has 0 atom stereocenters. The Morgan fingerprint density at radius 2 is 0.808 bits per heavy atom. The van der Waals surface area contributed by atoms with Crippen molar-refractivity contribution in [3.8, 4) is 11.1 Å². The molecule has 0 aliphatic heterocycles. The van der Waals surface area contributed by atoms with Crippen molar-refractivity contribution in [1.82, 2.24) is 0 Å². The van der Waals surface area contributed by atoms with E-state index in [4.69, 9.17) is 0 Å². The largest absolute Gasteiger partial charge is 0.0622 e. The molecule has 0 amide bonds. The third-order valence-corrected chi connectivity index (χ3v) is 4.80. The van der Waals surface area contributed by atoms with E-state index in [-0.39, 0.29) is 0 Å². The normalized spacial score (nSPS) is 11.1. The van der Waals surface area contributed by atoms with Crippen molar-refractivity contribution < 1.29 is 0 Å². The molecule has 4 aromatic carbocycles. The number of benzene rings is 4. The zero-order valence-corrected chi connectivity index (χ0v) is 14.8. The molecule has 0 radical (unpaired) electrons. The molecule has 0 heteroatoms. The van der Waals surface area contributed by atoms with Crippen LogP contribution in [0.1, 0.15) is 22.3 Å². The lowest BCUT2D eigenvalue weighted by molar-refractivity contribution is 1.19. The lowest BCUT2D eigenvalue weighted by atomic mass is 10.1. The van der Waals surface area contributed by atoms with Crippen LogP contribution in [0.25, 0.3) is 11.1 Å². The van der Waals surface area contributed by atoms with Gasteiger partial charge in [-0.15, -0.1) is 0 Å². The summed E-state index contributed by atoms with van der Waals surface area (Å²) in [6.07, 6.45) is 2.13. The SMILES string of the molecule is c1ccc(Cc2ccccc2)cc1.c1ccc2c(c1)Cc1ccccc1-2. The predicted molar refractivity (Wildman–Crippen MR) is 110 cm³/mol. The van der Waals surface area contributed by atoms with Crippen LogP contribution < -0.4 is 0 Å². The summed E-state index contributed by atoms with van der Waals surface area (Å²) < 4.78 is 0. The lowest BCUT2D eigenvalue weighted by Crippen LogP contribution is -1.85. The number of rotatable bonds is 2. The zero-order chi connectivity index (χ0) is 17.6. The van der Waals surface area contributed by atoms with Crippen molar-refractivity contribution in [2.24, 2.45) is 0 Å². The smallest absolute Gasteiger partial charge is 0.00135 e. The summed E-state index contributed by atoms with van der Waals surface area (Å²) in [5, 5.41) is 0. The number of hydrogen-bond donors (Lipinski definition) is 0. The molecular formula is C26H22. The Hall–Kier alpha value is -3.12. The van der Waals surface area contributed by atoms with Crippen LogP contribution in [0.15, 0.2) is 109 Å². The van der Waals surface area contributed by atoms with E-state index in [0.29, 0.717) is 0 Å². The average molecular weight is 334 g/mol. The Morgan fingerprint density at radius 3 is 1.27 bits per heavy atom. The van der Waals surface area contributed by atoms with Gasteiger partial charge in [0.2, 0.25) is 0 Å². The van der Waals surface area contributed by atoms with Gasteiger partial charge in [-0.2, -0.15) is 0 Å². The maximum atomic E-state index is 2.22. The van der Waals surface area contributed by atoms with Gasteiger partial charge < -0.3 is 0 Å². The van der Waals surface area contributed by atoms with Gasteiger partial charge in [-0.1, -0.05) is 109 Å². The monoisotopic (exact) mass is 334 g/mol. The van der Waals surface area contributed by atoms with Crippen molar-refractivity contribution >= 4 is 0 Å². The molecule has 0 bridgehead atoms. The summed E-state index contributed by atoms with van der Waals surface area (Å²) in [5.41, 5.74) is 8.49. The van der Waals surface area contributed by atoms with Gasteiger partial charge in [-0.25, -0.2) is 0 Å². The van der Waals surface area contributed by atoms with Crippen LogP contribution in [-0.2, 0) is 12.8 Å². The van der Waals surface area contributed by atoms with E-state index in [9.17, 15) is 0 Å². The molecular weight excluding hydrogens is 312 g/mol. The Bertz CT molecular complexity index is 888. The van der Waals surface area contributed by atoms with Crippen LogP contribution in [0.5, 0.6) is 0 Å². The molecule has 0 N–H and O–H groups in total. The summed E-state index contributed by atoms with van der Waals surface area (Å²) >= 11 is 0. The number of fused-ring (bicyclic) bond motifs is 3. The van der Waals surface area contributed by atoms with Crippen LogP contribution in [0.4, 0.5) is 0 Å². The summed E-state index contributed by atoms with van der Waals surface area (Å²) in [6, 6.07) is 38.4. The van der Waals surface area contributed by atoms with E-state index in [2.05, 4.69) is 109 Å². The minimum Gasteiger partial charge on any atom is -0.0622 e. The first-order valence-corrected chi connectivity index (χ1v) is 9.14. The fourth-order valence-electron chi connectivity index (χ4n) is 3.51. The highest BCUT2D eigenvalue weighted by Gasteiger charge is 2.15. The van der Waals surface area contributed by atoms with E-state index in [1.54, 1.807) is 0 Å². The van der Waals surface area contributed by atoms with E-state index < -0.39 is 0 Å². The molecule has 0 nitrogen and oxygen atoms in total. The van der Waals surface area contributed by atoms with Crippen molar-refractivity contribution in [2.75, 3.05) is 0 Å². The van der Waals surface area contributed by atoms with Gasteiger partial charge in [0.25, 0.3) is 0 Å². The van der Waals surface area contributed by atoms with E-state index in [1.165, 1.54) is 33.4 Å². The Morgan fingerprint density at radius 1 is 0.423 bits per heavy atom. The fraction of sp³-hybridized carbons (Fsp3) is 0.0769. The third kappa shape index (κ3) is 3.75. The van der Waals surface area contributed by atoms with Crippen LogP contribution in [0.3, 0.4) is 0 Å². The van der Waals surface area contributed by atoms with E-state index >= 15 is 0 Å². The number of hydrogen-bond acceptors (Lipinski definition) is 0. The van der Waals surface area contributed by atoms with Crippen molar-refractivity contribution in [3.63, 3.8) is 0 Å². The highest BCUT2D eigenvalue weighted by atomic mass is 14.2. The molecule has 0 saturated carbocycles. The van der Waals surface area contributed by atoms with Crippen LogP contribution >= 0.6 is 0 Å². The predicted octanol–water partition coefficient (Wildman–Crippen LogP) is 6.54. The standard InChI is InChI=1S/C13H10.C13H12/c1-3-7-12-10(5-1)9-11-6-2-4-8-13(11)12;1-3-7-12(8-4-1)11-13-9-5-2-6-10-13/h1-8H,9H2;1-10H,11H2. The quantitative estimate of drug-likeness (QED) is 0.344. The molecule has 4 aromatic rings. The second-order valence-electron chi connectivity index (χ2n) is 6.64. The van der Waals surface area contributed by atoms with E-state index in [1.807, 2.05) is 0 Å². The first-order chi connectivity index (χ1) is 12.9. The van der Waals surface area contributed by atoms with Gasteiger partial charge in [0, 0.05) is 0 Å². The average Bonchev–Trinajstić information content (AvgIpc) is 3.09. The topological polar surface area (TPSA) is 0 Å². The molecule has 0 fully saturated rings. The maximum absolute atomic E-state index is 2.22. The fourth-order valence-corrected chi connectivity index (χ4v) is 3.51. The highest BCUT2D eigenvalue weighted by Crippen LogP contribution is 2.35. The Balaban J connectivity index is 0.000000129. The molecule has 1 aliphatic carbocycles. The second kappa shape index (κ2) is 7.84. The maximum Gasteiger partial charge on any atom is -0.00135 e. The first-order valence-electron chi connectivity index (χ1n) is 9.14. The van der Waals surface area contributed by atoms with E-state index in [0.717, 1.165) is 12.8 Å². The minimum absolute atomic E-state index is 1.03. The van der Waals surface area contributed by atoms with Crippen molar-refractivity contribution in [3.05, 3.63) is 131 Å². The molecule has 5 rings (SSSR count). The lowest BCUT2D eigenvalue weighted by Gasteiger charge is -2.00. The Kier molecular flexibility index (Phi) is 4.93. The molecule has 0 aromatic heterocycles. The highest BCUT2D eigenvalue weighted by molar-refractivity contribution is 5.76. The van der Waals surface area contributed by atoms with Crippen LogP contribution in [-0.4, -0.2) is 0 Å². The molecule has 1 aliphatic rings. The summed E-state index contributed by atoms with van der Waals surface area (Å²) in [7, 11) is 0. The summed E-state index contributed by atoms with van der Waals surface area (Å²) in [4.78, 5) is 0.